The molecule has 3 nitrogen and oxygen atoms in total. The van der Waals surface area contributed by atoms with E-state index >= 15 is 0 Å². The highest BCUT2D eigenvalue weighted by atomic mass is 32.2. The number of ether oxygens (including phenoxy) is 1. The largest absolute Gasteiger partial charge is 0.394 e. The molecule has 0 aromatic heterocycles. The second-order valence-electron chi connectivity index (χ2n) is 6.79. The topological polar surface area (TPSA) is 41.5 Å². The number of nitrogens with one attached hydrogen (secondary N) is 1. The van der Waals surface area contributed by atoms with Crippen LogP contribution in [0.3, 0.4) is 0 Å². The molecule has 1 heterocycles. The zero-order valence-electron chi connectivity index (χ0n) is 12.5. The average molecular weight is 299 g/mol. The lowest BCUT2D eigenvalue weighted by Gasteiger charge is -2.35. The molecule has 2 atom stereocenters. The van der Waals surface area contributed by atoms with Crippen molar-refractivity contribution in [2.75, 3.05) is 25.6 Å². The third-order valence-electron chi connectivity index (χ3n) is 5.30. The van der Waals surface area contributed by atoms with E-state index in [1.807, 2.05) is 0 Å². The summed E-state index contributed by atoms with van der Waals surface area (Å²) in [4.78, 5) is 0. The van der Waals surface area contributed by atoms with E-state index in [1.54, 1.807) is 0 Å². The summed E-state index contributed by atoms with van der Waals surface area (Å²) in [6.07, 6.45) is 10.1. The number of aliphatic hydroxyl groups is 1. The van der Waals surface area contributed by atoms with Gasteiger partial charge in [0, 0.05) is 30.0 Å². The molecular formula is C16H29NO2S. The van der Waals surface area contributed by atoms with Crippen LogP contribution in [0.15, 0.2) is 0 Å². The van der Waals surface area contributed by atoms with Crippen molar-refractivity contribution >= 4 is 11.8 Å². The van der Waals surface area contributed by atoms with E-state index < -0.39 is 0 Å². The molecule has 0 aromatic rings. The molecule has 116 valence electrons. The van der Waals surface area contributed by atoms with Crippen LogP contribution in [-0.4, -0.2) is 47.5 Å². The van der Waals surface area contributed by atoms with Crippen LogP contribution in [0.25, 0.3) is 0 Å². The van der Waals surface area contributed by atoms with E-state index in [1.165, 1.54) is 57.1 Å². The Morgan fingerprint density at radius 1 is 1.15 bits per heavy atom. The molecule has 0 radical (unpaired) electrons. The lowest BCUT2D eigenvalue weighted by molar-refractivity contribution is 0.0999. The first-order valence-corrected chi connectivity index (χ1v) is 9.45. The minimum atomic E-state index is 0.0530. The van der Waals surface area contributed by atoms with Crippen LogP contribution in [0.4, 0.5) is 0 Å². The van der Waals surface area contributed by atoms with Crippen LogP contribution < -0.4 is 5.32 Å². The molecule has 0 aromatic carbocycles. The maximum atomic E-state index is 9.93. The van der Waals surface area contributed by atoms with Gasteiger partial charge < -0.3 is 15.2 Å². The zero-order chi connectivity index (χ0) is 13.8. The number of hydrogen-bond donors (Lipinski definition) is 2. The number of thioether (sulfide) groups is 1. The Hall–Kier alpha value is 0.230. The van der Waals surface area contributed by atoms with Gasteiger partial charge in [-0.1, -0.05) is 6.42 Å². The van der Waals surface area contributed by atoms with Crippen LogP contribution in [0.2, 0.25) is 0 Å². The lowest BCUT2D eigenvalue weighted by atomic mass is 9.85. The van der Waals surface area contributed by atoms with Crippen LogP contribution in [0.5, 0.6) is 0 Å². The van der Waals surface area contributed by atoms with E-state index in [9.17, 15) is 5.11 Å². The molecule has 2 N–H and O–H groups in total. The monoisotopic (exact) mass is 299 g/mol. The Bertz CT molecular complexity index is 305. The van der Waals surface area contributed by atoms with Crippen LogP contribution >= 0.6 is 11.8 Å². The van der Waals surface area contributed by atoms with E-state index in [4.69, 9.17) is 4.74 Å². The van der Waals surface area contributed by atoms with E-state index in [0.29, 0.717) is 18.6 Å². The van der Waals surface area contributed by atoms with E-state index in [-0.39, 0.29) is 5.54 Å². The first-order chi connectivity index (χ1) is 9.82. The molecule has 2 unspecified atom stereocenters. The van der Waals surface area contributed by atoms with Crippen molar-refractivity contribution in [1.82, 2.24) is 5.32 Å². The summed E-state index contributed by atoms with van der Waals surface area (Å²) in [5, 5.41) is 14.5. The minimum Gasteiger partial charge on any atom is -0.394 e. The summed E-state index contributed by atoms with van der Waals surface area (Å²) in [7, 11) is 0. The number of aliphatic hydroxyl groups excluding tert-OH is 1. The Morgan fingerprint density at radius 3 is 2.65 bits per heavy atom. The molecule has 3 rings (SSSR count). The third-order valence-corrected chi connectivity index (χ3v) is 6.71. The first kappa shape index (κ1) is 15.1. The second-order valence-corrected chi connectivity index (χ2v) is 8.20. The van der Waals surface area contributed by atoms with Gasteiger partial charge in [0.1, 0.15) is 0 Å². The summed E-state index contributed by atoms with van der Waals surface area (Å²) in [5.41, 5.74) is 0.0530. The van der Waals surface area contributed by atoms with Gasteiger partial charge in [-0.25, -0.2) is 0 Å². The summed E-state index contributed by atoms with van der Waals surface area (Å²) in [6.45, 7) is 2.23. The van der Waals surface area contributed by atoms with Crippen molar-refractivity contribution in [2.24, 2.45) is 5.92 Å². The zero-order valence-corrected chi connectivity index (χ0v) is 13.3. The molecular weight excluding hydrogens is 270 g/mol. The summed E-state index contributed by atoms with van der Waals surface area (Å²) >= 11 is 2.14. The Kier molecular flexibility index (Phi) is 5.29. The number of hydrogen-bond acceptors (Lipinski definition) is 4. The van der Waals surface area contributed by atoms with Crippen molar-refractivity contribution in [3.63, 3.8) is 0 Å². The lowest BCUT2D eigenvalue weighted by Crippen LogP contribution is -2.52. The highest BCUT2D eigenvalue weighted by Gasteiger charge is 2.44. The molecule has 0 spiro atoms. The maximum Gasteiger partial charge on any atom is 0.0616 e. The third kappa shape index (κ3) is 3.70. The summed E-state index contributed by atoms with van der Waals surface area (Å²) in [5.74, 6) is 1.93. The highest BCUT2D eigenvalue weighted by Crippen LogP contribution is 2.41. The molecule has 20 heavy (non-hydrogen) atoms. The first-order valence-electron chi connectivity index (χ1n) is 8.40. The molecule has 0 amide bonds. The molecule has 0 bridgehead atoms. The predicted octanol–water partition coefficient (Wildman–Crippen LogP) is 2.57. The SMILES string of the molecule is OCC1(NC2CC2)CCCC1CCSC1CCOCC1. The normalized spacial score (nSPS) is 35.5. The van der Waals surface area contributed by atoms with E-state index in [2.05, 4.69) is 17.1 Å². The smallest absolute Gasteiger partial charge is 0.0616 e. The van der Waals surface area contributed by atoms with Crippen molar-refractivity contribution in [3.05, 3.63) is 0 Å². The quantitative estimate of drug-likeness (QED) is 0.758. The Labute approximate surface area is 127 Å². The van der Waals surface area contributed by atoms with Gasteiger partial charge in [-0.15, -0.1) is 0 Å². The fourth-order valence-corrected chi connectivity index (χ4v) is 5.14. The Balaban J connectivity index is 1.44. The predicted molar refractivity (Wildman–Crippen MR) is 84.2 cm³/mol. The van der Waals surface area contributed by atoms with Crippen LogP contribution in [-0.2, 0) is 4.74 Å². The van der Waals surface area contributed by atoms with Gasteiger partial charge in [0.05, 0.1) is 6.61 Å². The molecule has 1 saturated heterocycles. The average Bonchev–Trinajstić information content (AvgIpc) is 3.21. The highest BCUT2D eigenvalue weighted by molar-refractivity contribution is 7.99. The van der Waals surface area contributed by atoms with Gasteiger partial charge in [0.25, 0.3) is 0 Å². The van der Waals surface area contributed by atoms with Gasteiger partial charge >= 0.3 is 0 Å². The summed E-state index contributed by atoms with van der Waals surface area (Å²) in [6, 6.07) is 0.700. The van der Waals surface area contributed by atoms with E-state index in [0.717, 1.165) is 18.5 Å². The second kappa shape index (κ2) is 6.99. The van der Waals surface area contributed by atoms with Gasteiger partial charge in [-0.2, -0.15) is 11.8 Å². The van der Waals surface area contributed by atoms with Crippen LogP contribution in [0.1, 0.15) is 51.4 Å². The van der Waals surface area contributed by atoms with Gasteiger partial charge in [0.2, 0.25) is 0 Å². The molecule has 1 aliphatic heterocycles. The fraction of sp³-hybridized carbons (Fsp3) is 1.00. The van der Waals surface area contributed by atoms with Crippen molar-refractivity contribution in [1.29, 1.82) is 0 Å². The summed E-state index contributed by atoms with van der Waals surface area (Å²) < 4.78 is 5.42. The van der Waals surface area contributed by atoms with Crippen LogP contribution in [0, 0.1) is 5.92 Å². The van der Waals surface area contributed by atoms with Gasteiger partial charge in [-0.3, -0.25) is 0 Å². The van der Waals surface area contributed by atoms with Gasteiger partial charge in [-0.05, 0) is 56.6 Å². The number of rotatable bonds is 7. The molecule has 2 saturated carbocycles. The Morgan fingerprint density at radius 2 is 1.95 bits per heavy atom. The molecule has 4 heteroatoms. The standard InChI is InChI=1S/C16H29NO2S/c18-12-16(17-14-3-4-14)8-1-2-13(16)7-11-20-15-5-9-19-10-6-15/h13-15,17-18H,1-12H2. The van der Waals surface area contributed by atoms with Crippen molar-refractivity contribution in [3.8, 4) is 0 Å². The van der Waals surface area contributed by atoms with Crippen molar-refractivity contribution < 1.29 is 9.84 Å². The maximum absolute atomic E-state index is 9.93. The van der Waals surface area contributed by atoms with Gasteiger partial charge in [0.15, 0.2) is 0 Å². The molecule has 2 aliphatic carbocycles. The molecule has 3 fully saturated rings. The minimum absolute atomic E-state index is 0.0530. The fourth-order valence-electron chi connectivity index (χ4n) is 3.86. The molecule has 3 aliphatic rings. The van der Waals surface area contributed by atoms with Crippen molar-refractivity contribution in [2.45, 2.75) is 68.2 Å².